The number of imidazole rings is 2. The van der Waals surface area contributed by atoms with E-state index in [1.807, 2.05) is 30.2 Å². The van der Waals surface area contributed by atoms with Crippen LogP contribution in [-0.2, 0) is 20.1 Å². The molecule has 0 bridgehead atoms. The van der Waals surface area contributed by atoms with Gasteiger partial charge in [-0.15, -0.1) is 0 Å². The highest BCUT2D eigenvalue weighted by Crippen LogP contribution is 2.06. The third-order valence-electron chi connectivity index (χ3n) is 2.51. The molecule has 0 saturated heterocycles. The highest BCUT2D eigenvalue weighted by atomic mass is 15.2. The van der Waals surface area contributed by atoms with Crippen molar-refractivity contribution >= 4 is 5.95 Å². The zero-order valence-electron chi connectivity index (χ0n) is 9.72. The van der Waals surface area contributed by atoms with Crippen LogP contribution in [0.15, 0.2) is 24.8 Å². The maximum absolute atomic E-state index is 4.28. The minimum Gasteiger partial charge on any atom is -0.348 e. The summed E-state index contributed by atoms with van der Waals surface area (Å²) < 4.78 is 4.11. The lowest BCUT2D eigenvalue weighted by Gasteiger charge is -2.08. The highest BCUT2D eigenvalue weighted by Gasteiger charge is 2.03. The number of nitrogens with one attached hydrogen (secondary N) is 1. The number of hydrogen-bond acceptors (Lipinski definition) is 3. The smallest absolute Gasteiger partial charge is 0.203 e. The predicted molar refractivity (Wildman–Crippen MR) is 63.1 cm³/mol. The molecule has 5 nitrogen and oxygen atoms in total. The van der Waals surface area contributed by atoms with Gasteiger partial charge in [-0.2, -0.15) is 0 Å². The lowest BCUT2D eigenvalue weighted by Crippen LogP contribution is -2.10. The van der Waals surface area contributed by atoms with Crippen LogP contribution >= 0.6 is 0 Å². The van der Waals surface area contributed by atoms with Gasteiger partial charge in [0.1, 0.15) is 5.82 Å². The molecule has 0 aliphatic carbocycles. The molecule has 0 saturated carbocycles. The molecule has 2 rings (SSSR count). The molecule has 16 heavy (non-hydrogen) atoms. The molecular weight excluding hydrogens is 202 g/mol. The van der Waals surface area contributed by atoms with E-state index in [4.69, 9.17) is 0 Å². The van der Waals surface area contributed by atoms with Gasteiger partial charge in [0.15, 0.2) is 0 Å². The van der Waals surface area contributed by atoms with E-state index in [9.17, 15) is 0 Å². The molecule has 0 aromatic carbocycles. The van der Waals surface area contributed by atoms with Gasteiger partial charge in [-0.05, 0) is 6.42 Å². The van der Waals surface area contributed by atoms with Crippen LogP contribution in [0.1, 0.15) is 19.2 Å². The Morgan fingerprint density at radius 1 is 1.25 bits per heavy atom. The van der Waals surface area contributed by atoms with Crippen molar-refractivity contribution in [3.8, 4) is 0 Å². The van der Waals surface area contributed by atoms with Crippen LogP contribution in [0.5, 0.6) is 0 Å². The van der Waals surface area contributed by atoms with Crippen molar-refractivity contribution in [2.75, 3.05) is 5.32 Å². The molecule has 0 amide bonds. The third-order valence-corrected chi connectivity index (χ3v) is 2.51. The summed E-state index contributed by atoms with van der Waals surface area (Å²) in [5.41, 5.74) is 0. The Kier molecular flexibility index (Phi) is 3.24. The molecule has 2 aromatic rings. The summed E-state index contributed by atoms with van der Waals surface area (Å²) in [5, 5.41) is 3.29. The van der Waals surface area contributed by atoms with Crippen molar-refractivity contribution in [3.63, 3.8) is 0 Å². The third kappa shape index (κ3) is 2.24. The van der Waals surface area contributed by atoms with E-state index in [1.165, 1.54) is 0 Å². The zero-order chi connectivity index (χ0) is 11.4. The van der Waals surface area contributed by atoms with Crippen LogP contribution in [0, 0.1) is 0 Å². The first-order chi connectivity index (χ1) is 7.81. The molecule has 0 unspecified atom stereocenters. The first kappa shape index (κ1) is 10.7. The first-order valence-electron chi connectivity index (χ1n) is 5.52. The number of anilines is 1. The van der Waals surface area contributed by atoms with E-state index in [0.29, 0.717) is 6.54 Å². The number of hydrogen-bond donors (Lipinski definition) is 1. The standard InChI is InChI=1S/C11H17N5/c1-3-6-16-8-5-13-11(16)14-9-10-12-4-7-15(10)2/h4-5,7-8H,3,6,9H2,1-2H3,(H,13,14). The molecular formula is C11H17N5. The molecule has 0 fully saturated rings. The van der Waals surface area contributed by atoms with E-state index in [2.05, 4.69) is 26.8 Å². The van der Waals surface area contributed by atoms with E-state index in [0.717, 1.165) is 24.7 Å². The molecule has 0 aliphatic rings. The number of aryl methyl sites for hydroxylation is 2. The first-order valence-corrected chi connectivity index (χ1v) is 5.52. The molecule has 86 valence electrons. The Balaban J connectivity index is 1.99. The summed E-state index contributed by atoms with van der Waals surface area (Å²) in [6.45, 7) is 3.84. The lowest BCUT2D eigenvalue weighted by molar-refractivity contribution is 0.679. The fourth-order valence-corrected chi connectivity index (χ4v) is 1.62. The highest BCUT2D eigenvalue weighted by molar-refractivity contribution is 5.26. The van der Waals surface area contributed by atoms with E-state index in [1.54, 1.807) is 6.20 Å². The number of rotatable bonds is 5. The minimum atomic E-state index is 0.699. The Morgan fingerprint density at radius 2 is 2.06 bits per heavy atom. The molecule has 0 radical (unpaired) electrons. The minimum absolute atomic E-state index is 0.699. The van der Waals surface area contributed by atoms with Crippen LogP contribution in [0.2, 0.25) is 0 Å². The van der Waals surface area contributed by atoms with Crippen molar-refractivity contribution < 1.29 is 0 Å². The van der Waals surface area contributed by atoms with Gasteiger partial charge in [0.25, 0.3) is 0 Å². The zero-order valence-corrected chi connectivity index (χ0v) is 9.72. The molecule has 2 heterocycles. The molecule has 1 N–H and O–H groups in total. The molecule has 0 aliphatic heterocycles. The van der Waals surface area contributed by atoms with Crippen LogP contribution < -0.4 is 5.32 Å². The summed E-state index contributed by atoms with van der Waals surface area (Å²) in [4.78, 5) is 8.53. The van der Waals surface area contributed by atoms with Crippen LogP contribution in [0.25, 0.3) is 0 Å². The summed E-state index contributed by atoms with van der Waals surface area (Å²) in [6.07, 6.45) is 8.65. The monoisotopic (exact) mass is 219 g/mol. The van der Waals surface area contributed by atoms with Gasteiger partial charge < -0.3 is 14.5 Å². The van der Waals surface area contributed by atoms with Gasteiger partial charge in [-0.3, -0.25) is 0 Å². The maximum Gasteiger partial charge on any atom is 0.203 e. The molecule has 2 aromatic heterocycles. The molecule has 0 atom stereocenters. The number of aromatic nitrogens is 4. The summed E-state index contributed by atoms with van der Waals surface area (Å²) in [5.74, 6) is 1.91. The van der Waals surface area contributed by atoms with Crippen LogP contribution in [0.3, 0.4) is 0 Å². The van der Waals surface area contributed by atoms with Gasteiger partial charge >= 0.3 is 0 Å². The van der Waals surface area contributed by atoms with Gasteiger partial charge in [0.2, 0.25) is 5.95 Å². The Morgan fingerprint density at radius 3 is 2.75 bits per heavy atom. The predicted octanol–water partition coefficient (Wildman–Crippen LogP) is 1.64. The van der Waals surface area contributed by atoms with Crippen molar-refractivity contribution in [1.29, 1.82) is 0 Å². The second-order valence-corrected chi connectivity index (χ2v) is 3.75. The van der Waals surface area contributed by atoms with Crippen molar-refractivity contribution in [2.24, 2.45) is 7.05 Å². The summed E-state index contributed by atoms with van der Waals surface area (Å²) >= 11 is 0. The Hall–Kier alpha value is -1.78. The lowest BCUT2D eigenvalue weighted by atomic mass is 10.5. The Bertz CT molecular complexity index is 443. The maximum atomic E-state index is 4.28. The average Bonchev–Trinajstić information content (AvgIpc) is 2.86. The summed E-state index contributed by atoms with van der Waals surface area (Å²) in [6, 6.07) is 0. The topological polar surface area (TPSA) is 47.7 Å². The van der Waals surface area contributed by atoms with E-state index < -0.39 is 0 Å². The Labute approximate surface area is 95.1 Å². The fraction of sp³-hybridized carbons (Fsp3) is 0.455. The summed E-state index contributed by atoms with van der Waals surface area (Å²) in [7, 11) is 1.99. The largest absolute Gasteiger partial charge is 0.348 e. The normalized spacial score (nSPS) is 10.6. The van der Waals surface area contributed by atoms with Crippen LogP contribution in [0.4, 0.5) is 5.95 Å². The second-order valence-electron chi connectivity index (χ2n) is 3.75. The fourth-order valence-electron chi connectivity index (χ4n) is 1.62. The van der Waals surface area contributed by atoms with Gasteiger partial charge in [-0.1, -0.05) is 6.92 Å². The van der Waals surface area contributed by atoms with Crippen molar-refractivity contribution in [3.05, 3.63) is 30.6 Å². The van der Waals surface area contributed by atoms with Gasteiger partial charge in [0, 0.05) is 38.4 Å². The van der Waals surface area contributed by atoms with Crippen molar-refractivity contribution in [2.45, 2.75) is 26.4 Å². The van der Waals surface area contributed by atoms with Crippen molar-refractivity contribution in [1.82, 2.24) is 19.1 Å². The molecule has 0 spiro atoms. The van der Waals surface area contributed by atoms with E-state index >= 15 is 0 Å². The van der Waals surface area contributed by atoms with E-state index in [-0.39, 0.29) is 0 Å². The second kappa shape index (κ2) is 4.83. The van der Waals surface area contributed by atoms with Gasteiger partial charge in [-0.25, -0.2) is 9.97 Å². The van der Waals surface area contributed by atoms with Crippen LogP contribution in [-0.4, -0.2) is 19.1 Å². The van der Waals surface area contributed by atoms with Gasteiger partial charge in [0.05, 0.1) is 6.54 Å². The SMILES string of the molecule is CCCn1ccnc1NCc1nccn1C. The quantitative estimate of drug-likeness (QED) is 0.831. The average molecular weight is 219 g/mol. The number of nitrogens with zero attached hydrogens (tertiary/aromatic N) is 4. The molecule has 5 heteroatoms.